The van der Waals surface area contributed by atoms with Crippen molar-refractivity contribution in [1.29, 1.82) is 5.26 Å². The molecule has 2 heterocycles. The van der Waals surface area contributed by atoms with E-state index < -0.39 is 5.41 Å². The Morgan fingerprint density at radius 1 is 0.914 bits per heavy atom. The molecule has 3 aromatic carbocycles. The monoisotopic (exact) mass is 468 g/mol. The molecule has 0 saturated carbocycles. The van der Waals surface area contributed by atoms with Crippen molar-refractivity contribution >= 4 is 0 Å². The summed E-state index contributed by atoms with van der Waals surface area (Å²) in [6.07, 6.45) is 3.10. The molecule has 1 unspecified atom stereocenters. The summed E-state index contributed by atoms with van der Waals surface area (Å²) in [6, 6.07) is 30.1. The van der Waals surface area contributed by atoms with Crippen LogP contribution < -0.4 is 4.74 Å². The lowest BCUT2D eigenvalue weighted by Crippen LogP contribution is -2.37. The normalized spacial score (nSPS) is 16.6. The van der Waals surface area contributed by atoms with Gasteiger partial charge in [-0.2, -0.15) is 5.26 Å². The van der Waals surface area contributed by atoms with Gasteiger partial charge >= 0.3 is 0 Å². The average molecular weight is 469 g/mol. The van der Waals surface area contributed by atoms with Gasteiger partial charge in [0.1, 0.15) is 11.2 Å². The third-order valence-electron chi connectivity index (χ3n) is 6.99. The van der Waals surface area contributed by atoms with E-state index in [0.717, 1.165) is 62.4 Å². The zero-order valence-electron chi connectivity index (χ0n) is 21.8. The molecule has 0 bridgehead atoms. The summed E-state index contributed by atoms with van der Waals surface area (Å²) in [6.45, 7) is 11.8. The van der Waals surface area contributed by atoms with Gasteiger partial charge in [0.05, 0.1) is 12.7 Å². The quantitative estimate of drug-likeness (QED) is 0.389. The van der Waals surface area contributed by atoms with Crippen LogP contribution in [0.5, 0.6) is 5.75 Å². The maximum Gasteiger partial charge on any atom is 0.122 e. The maximum absolute atomic E-state index is 10.5. The Morgan fingerprint density at radius 2 is 1.54 bits per heavy atom. The fraction of sp³-hybridized carbons (Fsp3) is 0.406. The molecule has 2 aliphatic heterocycles. The minimum Gasteiger partial charge on any atom is -0.493 e. The number of ether oxygens (including phenoxy) is 1. The Morgan fingerprint density at radius 3 is 2.14 bits per heavy atom. The van der Waals surface area contributed by atoms with Crippen molar-refractivity contribution in [1.82, 2.24) is 4.90 Å². The predicted octanol–water partition coefficient (Wildman–Crippen LogP) is 7.05. The maximum atomic E-state index is 10.5. The van der Waals surface area contributed by atoms with Crippen LogP contribution in [-0.2, 0) is 18.3 Å². The zero-order chi connectivity index (χ0) is 25.1. The molecule has 0 amide bonds. The average Bonchev–Trinajstić information content (AvgIpc) is 3.62. The van der Waals surface area contributed by atoms with Crippen LogP contribution in [0.25, 0.3) is 0 Å². The highest BCUT2D eigenvalue weighted by Crippen LogP contribution is 2.43. The van der Waals surface area contributed by atoms with Gasteiger partial charge in [-0.1, -0.05) is 100 Å². The van der Waals surface area contributed by atoms with Gasteiger partial charge < -0.3 is 9.64 Å². The topological polar surface area (TPSA) is 36.3 Å². The van der Waals surface area contributed by atoms with E-state index in [0.29, 0.717) is 0 Å². The molecule has 0 spiro atoms. The molecule has 0 aliphatic carbocycles. The molecule has 35 heavy (non-hydrogen) atoms. The van der Waals surface area contributed by atoms with Crippen molar-refractivity contribution in [3.63, 3.8) is 0 Å². The minimum absolute atomic E-state index is 0.274. The zero-order valence-corrected chi connectivity index (χ0v) is 21.8. The Balaban J connectivity index is 0.000000815. The summed E-state index contributed by atoms with van der Waals surface area (Å²) >= 11 is 0. The summed E-state index contributed by atoms with van der Waals surface area (Å²) in [7, 11) is 0. The van der Waals surface area contributed by atoms with Gasteiger partial charge in [0.15, 0.2) is 0 Å². The van der Waals surface area contributed by atoms with E-state index in [1.165, 1.54) is 11.1 Å². The second kappa shape index (κ2) is 13.1. The molecule has 0 aromatic heterocycles. The van der Waals surface area contributed by atoms with Gasteiger partial charge in [-0.25, -0.2) is 0 Å². The second-order valence-corrected chi connectivity index (χ2v) is 8.73. The third-order valence-corrected chi connectivity index (χ3v) is 6.99. The van der Waals surface area contributed by atoms with Gasteiger partial charge in [0.25, 0.3) is 0 Å². The highest BCUT2D eigenvalue weighted by atomic mass is 16.5. The molecule has 1 saturated heterocycles. The van der Waals surface area contributed by atoms with Crippen LogP contribution in [-0.4, -0.2) is 31.1 Å². The summed E-state index contributed by atoms with van der Waals surface area (Å²) in [5, 5.41) is 10.5. The molecule has 1 fully saturated rings. The fourth-order valence-electron chi connectivity index (χ4n) is 5.33. The molecule has 0 radical (unpaired) electrons. The molecule has 1 atom stereocenters. The lowest BCUT2D eigenvalue weighted by Gasteiger charge is -2.34. The predicted molar refractivity (Wildman–Crippen MR) is 146 cm³/mol. The van der Waals surface area contributed by atoms with Crippen molar-refractivity contribution in [3.8, 4) is 11.8 Å². The summed E-state index contributed by atoms with van der Waals surface area (Å²) < 4.78 is 5.64. The Kier molecular flexibility index (Phi) is 9.94. The van der Waals surface area contributed by atoms with Gasteiger partial charge in [-0.05, 0) is 53.6 Å². The van der Waals surface area contributed by atoms with E-state index in [4.69, 9.17) is 4.74 Å². The SMILES string of the molecule is CC.CC.N#CC(c1ccccc1)(c1ccccc1)C1CCN(CCc2ccc3c(c2)CCO3)C1. The van der Waals surface area contributed by atoms with E-state index in [1.54, 1.807) is 0 Å². The Bertz CT molecular complexity index is 1030. The first-order chi connectivity index (χ1) is 17.3. The van der Waals surface area contributed by atoms with Crippen LogP contribution in [0.15, 0.2) is 78.9 Å². The summed E-state index contributed by atoms with van der Waals surface area (Å²) in [5.41, 5.74) is 4.32. The van der Waals surface area contributed by atoms with Crippen molar-refractivity contribution in [2.75, 3.05) is 26.2 Å². The van der Waals surface area contributed by atoms with Crippen LogP contribution in [0.3, 0.4) is 0 Å². The van der Waals surface area contributed by atoms with Crippen LogP contribution in [0, 0.1) is 17.2 Å². The van der Waals surface area contributed by atoms with E-state index in [-0.39, 0.29) is 5.92 Å². The van der Waals surface area contributed by atoms with E-state index in [1.807, 2.05) is 39.8 Å². The van der Waals surface area contributed by atoms with Crippen molar-refractivity contribution in [2.45, 2.75) is 52.4 Å². The first-order valence-electron chi connectivity index (χ1n) is 13.3. The molecule has 0 N–H and O–H groups in total. The van der Waals surface area contributed by atoms with Crippen LogP contribution >= 0.6 is 0 Å². The van der Waals surface area contributed by atoms with Crippen LogP contribution in [0.2, 0.25) is 0 Å². The Hall–Kier alpha value is -3.09. The lowest BCUT2D eigenvalue weighted by molar-refractivity contribution is 0.308. The standard InChI is InChI=1S/C28H28N2O.2C2H6/c29-21-28(24-7-3-1-4-8-24,25-9-5-2-6-10-25)26-14-17-30(20-26)16-13-22-11-12-27-23(19-22)15-18-31-27;2*1-2/h1-12,19,26H,13-18,20H2;2*1-2H3. The van der Waals surface area contributed by atoms with Crippen molar-refractivity contribution < 1.29 is 4.74 Å². The first-order valence-corrected chi connectivity index (χ1v) is 13.3. The van der Waals surface area contributed by atoms with E-state index in [9.17, 15) is 5.26 Å². The molecule has 5 rings (SSSR count). The van der Waals surface area contributed by atoms with Gasteiger partial charge in [0.2, 0.25) is 0 Å². The molecular weight excluding hydrogens is 428 g/mol. The number of hydrogen-bond acceptors (Lipinski definition) is 3. The van der Waals surface area contributed by atoms with E-state index in [2.05, 4.69) is 77.7 Å². The van der Waals surface area contributed by atoms with Crippen molar-refractivity contribution in [2.24, 2.45) is 5.92 Å². The first kappa shape index (κ1) is 26.5. The highest BCUT2D eigenvalue weighted by Gasteiger charge is 2.45. The largest absolute Gasteiger partial charge is 0.493 e. The van der Waals surface area contributed by atoms with Gasteiger partial charge in [-0.15, -0.1) is 0 Å². The second-order valence-electron chi connectivity index (χ2n) is 8.73. The minimum atomic E-state index is -0.609. The van der Waals surface area contributed by atoms with Gasteiger partial charge in [0, 0.05) is 19.5 Å². The molecule has 3 aromatic rings. The summed E-state index contributed by atoms with van der Waals surface area (Å²) in [4.78, 5) is 2.53. The third kappa shape index (κ3) is 5.77. The van der Waals surface area contributed by atoms with Gasteiger partial charge in [-0.3, -0.25) is 0 Å². The molecule has 184 valence electrons. The fourth-order valence-corrected chi connectivity index (χ4v) is 5.33. The molecule has 2 aliphatic rings. The number of nitriles is 1. The number of hydrogen-bond donors (Lipinski definition) is 0. The van der Waals surface area contributed by atoms with Crippen molar-refractivity contribution in [3.05, 3.63) is 101 Å². The Labute approximate surface area is 212 Å². The summed E-state index contributed by atoms with van der Waals surface area (Å²) in [5.74, 6) is 1.32. The molecule has 3 heteroatoms. The number of benzene rings is 3. The molecular formula is C32H40N2O. The number of nitrogens with zero attached hydrogens (tertiary/aromatic N) is 2. The number of likely N-dealkylation sites (tertiary alicyclic amines) is 1. The highest BCUT2D eigenvalue weighted by molar-refractivity contribution is 5.47. The number of fused-ring (bicyclic) bond motifs is 1. The van der Waals surface area contributed by atoms with Crippen LogP contribution in [0.4, 0.5) is 0 Å². The smallest absolute Gasteiger partial charge is 0.122 e. The lowest BCUT2D eigenvalue weighted by atomic mass is 9.66. The van der Waals surface area contributed by atoms with E-state index >= 15 is 0 Å². The number of rotatable bonds is 6. The molecule has 3 nitrogen and oxygen atoms in total. The van der Waals surface area contributed by atoms with Crippen LogP contribution in [0.1, 0.15) is 56.4 Å².